The predicted molar refractivity (Wildman–Crippen MR) is 8.28 cm³/mol. The molecule has 0 spiro atoms. The van der Waals surface area contributed by atoms with Crippen LogP contribution >= 0.6 is 10.6 Å². The van der Waals surface area contributed by atoms with Crippen molar-refractivity contribution in [2.45, 2.75) is 0 Å². The van der Waals surface area contributed by atoms with E-state index in [1.54, 1.807) is 0 Å². The van der Waals surface area contributed by atoms with E-state index < -0.39 is 0 Å². The van der Waals surface area contributed by atoms with Gasteiger partial charge in [0.15, 0.2) is 0 Å². The molecule has 1 nitrogen and oxygen atoms in total. The van der Waals surface area contributed by atoms with Crippen molar-refractivity contribution in [1.29, 1.82) is 0 Å². The summed E-state index contributed by atoms with van der Waals surface area (Å²) < 4.78 is 8.00. The molecular weight excluding hydrogens is 160 g/mol. The Balaban J connectivity index is 0. The maximum absolute atomic E-state index is 8.00. The van der Waals surface area contributed by atoms with Crippen LogP contribution < -0.4 is 0 Å². The van der Waals surface area contributed by atoms with Gasteiger partial charge in [0.2, 0.25) is 0 Å². The first-order valence-electron chi connectivity index (χ1n) is 0.289. The van der Waals surface area contributed by atoms with Crippen LogP contribution in [0.4, 0.5) is 0 Å². The van der Waals surface area contributed by atoms with E-state index in [1.165, 1.54) is 0 Å². The molecule has 0 aliphatic heterocycles. The van der Waals surface area contributed by atoms with Gasteiger partial charge in [-0.2, -0.15) is 0 Å². The molecule has 0 aliphatic carbocycles. The zero-order valence-electron chi connectivity index (χ0n) is 1.52. The fourth-order valence-corrected chi connectivity index (χ4v) is 0. The third kappa shape index (κ3) is 11.6. The first-order valence-corrected chi connectivity index (χ1v) is 2.38. The molecular formula is Fe2OS. The molecule has 0 saturated heterocycles. The summed E-state index contributed by atoms with van der Waals surface area (Å²) in [5.41, 5.74) is 0. The van der Waals surface area contributed by atoms with Crippen molar-refractivity contribution >= 4 is 10.6 Å². The van der Waals surface area contributed by atoms with Crippen molar-refractivity contribution in [2.75, 3.05) is 0 Å². The summed E-state index contributed by atoms with van der Waals surface area (Å²) in [6.45, 7) is 0. The van der Waals surface area contributed by atoms with Crippen LogP contribution in [0.25, 0.3) is 0 Å². The molecule has 4 heteroatoms. The number of hydrogen-bond donors (Lipinski definition) is 0. The summed E-state index contributed by atoms with van der Waals surface area (Å²) in [4.78, 5) is 0. The first-order chi connectivity index (χ1) is 2.00. The Labute approximate surface area is 44.8 Å². The van der Waals surface area contributed by atoms with Crippen molar-refractivity contribution in [2.24, 2.45) is 0 Å². The molecule has 4 heavy (non-hydrogen) atoms. The van der Waals surface area contributed by atoms with Crippen molar-refractivity contribution in [3.63, 3.8) is 0 Å². The second-order valence-corrected chi connectivity index (χ2v) is 0. The molecule has 0 rings (SSSR count). The first kappa shape index (κ1) is 8.91. The molecule has 0 aromatic rings. The van der Waals surface area contributed by atoms with E-state index in [2.05, 4.69) is 24.9 Å². The predicted octanol–water partition coefficient (Wildman–Crippen LogP) is 0.524. The van der Waals surface area contributed by atoms with Gasteiger partial charge < -0.3 is 0 Å². The molecule has 0 aromatic carbocycles. The third-order valence-electron chi connectivity index (χ3n) is 0. The molecule has 0 bridgehead atoms. The van der Waals surface area contributed by atoms with Gasteiger partial charge in [-0.15, -0.1) is 0 Å². The third-order valence-corrected chi connectivity index (χ3v) is 0. The summed E-state index contributed by atoms with van der Waals surface area (Å²) in [7, 11) is 3.83. The van der Waals surface area contributed by atoms with E-state index in [0.29, 0.717) is 0 Å². The second-order valence-electron chi connectivity index (χ2n) is 0. The van der Waals surface area contributed by atoms with Crippen molar-refractivity contribution in [1.82, 2.24) is 0 Å². The van der Waals surface area contributed by atoms with Gasteiger partial charge in [0.1, 0.15) is 0 Å². The average Bonchev–Trinajstić information content (AvgIpc) is 1.50. The zero-order chi connectivity index (χ0) is 4.00. The Bertz CT molecular complexity index is 8.00. The van der Waals surface area contributed by atoms with Crippen LogP contribution in [0.2, 0.25) is 0 Å². The topological polar surface area (TPSA) is 17.1 Å². The Morgan fingerprint density at radius 3 is 1.25 bits per heavy atom. The quantitative estimate of drug-likeness (QED) is 0.480. The Morgan fingerprint density at radius 1 is 1.25 bits per heavy atom. The van der Waals surface area contributed by atoms with Crippen LogP contribution in [0.5, 0.6) is 0 Å². The molecule has 28 valence electrons. The minimum absolute atomic E-state index is 2.00. The van der Waals surface area contributed by atoms with Gasteiger partial charge in [-0.25, -0.2) is 0 Å². The van der Waals surface area contributed by atoms with Crippen molar-refractivity contribution in [3.8, 4) is 0 Å². The summed E-state index contributed by atoms with van der Waals surface area (Å²) in [5.74, 6) is 0. The van der Waals surface area contributed by atoms with Crippen LogP contribution in [0.1, 0.15) is 0 Å². The van der Waals surface area contributed by atoms with E-state index in [1.807, 2.05) is 15.9 Å². The number of rotatable bonds is 0. The minimum atomic E-state index is 2.00. The molecule has 0 amide bonds. The Hall–Kier alpha value is 1.06. The summed E-state index contributed by atoms with van der Waals surface area (Å²) in [5, 5.41) is 0. The van der Waals surface area contributed by atoms with Crippen LogP contribution in [0.15, 0.2) is 0 Å². The van der Waals surface area contributed by atoms with Crippen LogP contribution in [0.3, 0.4) is 0 Å². The monoisotopic (exact) mass is 160 g/mol. The standard InChI is InChI=1S/2Fe.O.S. The van der Waals surface area contributed by atoms with E-state index in [4.69, 9.17) is 3.83 Å². The van der Waals surface area contributed by atoms with Crippen molar-refractivity contribution < 1.29 is 34.2 Å². The van der Waals surface area contributed by atoms with E-state index in [9.17, 15) is 0 Å². The van der Waals surface area contributed by atoms with Crippen LogP contribution in [0, 0.1) is 0 Å². The van der Waals surface area contributed by atoms with Gasteiger partial charge >= 0.3 is 44.7 Å². The Morgan fingerprint density at radius 2 is 1.25 bits per heavy atom. The average molecular weight is 160 g/mol. The molecule has 0 aromatic heterocycles. The fourth-order valence-electron chi connectivity index (χ4n) is 0. The van der Waals surface area contributed by atoms with Gasteiger partial charge in [0.05, 0.1) is 0 Å². The van der Waals surface area contributed by atoms with Gasteiger partial charge in [-0.1, -0.05) is 0 Å². The van der Waals surface area contributed by atoms with Gasteiger partial charge in [-0.3, -0.25) is 0 Å². The maximum atomic E-state index is 8.00. The van der Waals surface area contributed by atoms with Gasteiger partial charge in [0, 0.05) is 0 Å². The molecule has 0 unspecified atom stereocenters. The van der Waals surface area contributed by atoms with Gasteiger partial charge in [0.25, 0.3) is 0 Å². The van der Waals surface area contributed by atoms with Crippen LogP contribution in [-0.4, -0.2) is 0 Å². The zero-order valence-corrected chi connectivity index (χ0v) is 4.55. The molecule has 0 fully saturated rings. The van der Waals surface area contributed by atoms with E-state index in [0.717, 1.165) is 0 Å². The summed E-state index contributed by atoms with van der Waals surface area (Å²) in [6.07, 6.45) is 0. The fraction of sp³-hybridized carbons (Fsp3) is 0. The SMILES string of the molecule is [O]=[Fe].[S]=[Fe]. The molecule has 0 radical (unpaired) electrons. The van der Waals surface area contributed by atoms with Gasteiger partial charge in [-0.05, 0) is 0 Å². The number of hydrogen-bond acceptors (Lipinski definition) is 2. The van der Waals surface area contributed by atoms with E-state index >= 15 is 0 Å². The normalized spacial score (nSPS) is 2.50. The second kappa shape index (κ2) is 33.9. The van der Waals surface area contributed by atoms with Crippen molar-refractivity contribution in [3.05, 3.63) is 0 Å². The molecule has 0 N–H and O–H groups in total. The Kier molecular flexibility index (Phi) is 75.4. The van der Waals surface area contributed by atoms with Crippen LogP contribution in [-0.2, 0) is 34.2 Å². The molecule has 0 atom stereocenters. The van der Waals surface area contributed by atoms with E-state index in [-0.39, 0.29) is 0 Å². The summed E-state index contributed by atoms with van der Waals surface area (Å²) >= 11 is 4.83. The summed E-state index contributed by atoms with van der Waals surface area (Å²) in [6, 6.07) is 0. The molecule has 0 aliphatic rings. The molecule has 0 heterocycles. The molecule has 0 saturated carbocycles.